The molecular formula is C15H20N4O3S. The Labute approximate surface area is 138 Å². The van der Waals surface area contributed by atoms with Gasteiger partial charge in [0.15, 0.2) is 0 Å². The van der Waals surface area contributed by atoms with Crippen molar-refractivity contribution in [1.29, 1.82) is 0 Å². The molecule has 0 saturated carbocycles. The molecule has 23 heavy (non-hydrogen) atoms. The summed E-state index contributed by atoms with van der Waals surface area (Å²) in [5.41, 5.74) is -0.858. The second-order valence-electron chi connectivity index (χ2n) is 5.75. The number of nitrogens with zero attached hydrogens (tertiary/aromatic N) is 3. The first kappa shape index (κ1) is 15.9. The third-order valence-corrected chi connectivity index (χ3v) is 5.26. The third kappa shape index (κ3) is 3.09. The van der Waals surface area contributed by atoms with Crippen LogP contribution in [-0.4, -0.2) is 55.0 Å². The minimum absolute atomic E-state index is 0.314. The molecule has 124 valence electrons. The second-order valence-corrected chi connectivity index (χ2v) is 6.85. The first-order valence-electron chi connectivity index (χ1n) is 7.67. The topological polar surface area (TPSA) is 74.2 Å². The molecule has 3 amide bonds. The highest BCUT2D eigenvalue weighted by molar-refractivity contribution is 7.17. The molecule has 0 bridgehead atoms. The summed E-state index contributed by atoms with van der Waals surface area (Å²) in [7, 11) is 0. The summed E-state index contributed by atoms with van der Waals surface area (Å²) in [5, 5.41) is 8.81. The van der Waals surface area contributed by atoms with E-state index < -0.39 is 11.6 Å². The average molecular weight is 336 g/mol. The molecule has 0 radical (unpaired) electrons. The first-order chi connectivity index (χ1) is 11.0. The summed E-state index contributed by atoms with van der Waals surface area (Å²) in [6.45, 7) is 6.79. The van der Waals surface area contributed by atoms with Crippen LogP contribution in [0, 0.1) is 0 Å². The summed E-state index contributed by atoms with van der Waals surface area (Å²) in [4.78, 5) is 27.3. The predicted octanol–water partition coefficient (Wildman–Crippen LogP) is 1.64. The lowest BCUT2D eigenvalue weighted by atomic mass is 10.00. The number of carbonyl (C=O) groups is 2. The van der Waals surface area contributed by atoms with Crippen molar-refractivity contribution >= 4 is 34.5 Å². The van der Waals surface area contributed by atoms with Gasteiger partial charge in [0.05, 0.1) is 24.4 Å². The number of hydrogen-bond acceptors (Lipinski definition) is 6. The molecule has 0 aliphatic carbocycles. The number of nitrogens with one attached hydrogen (secondary N) is 1. The number of carbonyl (C=O) groups excluding carboxylic acids is 2. The smallest absolute Gasteiger partial charge is 0.346 e. The number of amides is 3. The number of hydrazone groups is 1. The Balaban J connectivity index is 1.70. The van der Waals surface area contributed by atoms with E-state index in [1.807, 2.05) is 19.1 Å². The quantitative estimate of drug-likeness (QED) is 0.670. The van der Waals surface area contributed by atoms with Crippen LogP contribution in [0.25, 0.3) is 0 Å². The third-order valence-electron chi connectivity index (χ3n) is 4.18. The van der Waals surface area contributed by atoms with E-state index in [0.717, 1.165) is 41.2 Å². The van der Waals surface area contributed by atoms with Crippen molar-refractivity contribution in [3.8, 4) is 0 Å². The molecule has 0 aromatic carbocycles. The summed E-state index contributed by atoms with van der Waals surface area (Å²) in [6.07, 6.45) is 2.09. The molecular weight excluding hydrogens is 316 g/mol. The minimum Gasteiger partial charge on any atom is -0.378 e. The van der Waals surface area contributed by atoms with Crippen molar-refractivity contribution in [3.05, 3.63) is 17.0 Å². The summed E-state index contributed by atoms with van der Waals surface area (Å²) < 4.78 is 5.34. The van der Waals surface area contributed by atoms with Crippen LogP contribution in [0.5, 0.6) is 0 Å². The average Bonchev–Trinajstić information content (AvgIpc) is 3.11. The van der Waals surface area contributed by atoms with Crippen molar-refractivity contribution in [2.45, 2.75) is 25.8 Å². The van der Waals surface area contributed by atoms with Crippen molar-refractivity contribution < 1.29 is 14.3 Å². The highest BCUT2D eigenvalue weighted by atomic mass is 32.1. The molecule has 1 atom stereocenters. The van der Waals surface area contributed by atoms with E-state index in [0.29, 0.717) is 6.42 Å². The summed E-state index contributed by atoms with van der Waals surface area (Å²) in [6, 6.07) is 3.50. The molecule has 7 nitrogen and oxygen atoms in total. The Morgan fingerprint density at radius 3 is 2.78 bits per heavy atom. The van der Waals surface area contributed by atoms with Crippen LogP contribution in [-0.2, 0) is 9.53 Å². The summed E-state index contributed by atoms with van der Waals surface area (Å²) in [5.74, 6) is -0.314. The van der Waals surface area contributed by atoms with Gasteiger partial charge in [0.1, 0.15) is 5.54 Å². The van der Waals surface area contributed by atoms with E-state index in [2.05, 4.69) is 15.3 Å². The molecule has 2 fully saturated rings. The Bertz CT molecular complexity index is 638. The fourth-order valence-corrected chi connectivity index (χ4v) is 3.42. The van der Waals surface area contributed by atoms with E-state index >= 15 is 0 Å². The standard InChI is InChI=1S/C15H20N4O3S/c1-3-15(2)13(20)19(14(21)17-15)16-10-11-4-5-12(23-11)18-6-8-22-9-7-18/h4-5,10H,3,6-9H2,1-2H3,(H,17,21). The fraction of sp³-hybridized carbons (Fsp3) is 0.533. The van der Waals surface area contributed by atoms with Crippen LogP contribution < -0.4 is 10.2 Å². The van der Waals surface area contributed by atoms with E-state index in [1.54, 1.807) is 24.5 Å². The molecule has 2 aliphatic heterocycles. The molecule has 2 saturated heterocycles. The lowest BCUT2D eigenvalue weighted by Gasteiger charge is -2.27. The van der Waals surface area contributed by atoms with Crippen LogP contribution >= 0.6 is 11.3 Å². The Kier molecular flexibility index (Phi) is 4.36. The number of morpholine rings is 1. The highest BCUT2D eigenvalue weighted by Crippen LogP contribution is 2.26. The largest absolute Gasteiger partial charge is 0.378 e. The molecule has 0 spiro atoms. The van der Waals surface area contributed by atoms with Gasteiger partial charge in [-0.1, -0.05) is 6.92 Å². The van der Waals surface area contributed by atoms with E-state index in [4.69, 9.17) is 4.74 Å². The molecule has 1 aromatic rings. The van der Waals surface area contributed by atoms with Crippen molar-refractivity contribution in [1.82, 2.24) is 10.3 Å². The zero-order valence-electron chi connectivity index (χ0n) is 13.2. The predicted molar refractivity (Wildman–Crippen MR) is 89.0 cm³/mol. The number of ether oxygens (including phenoxy) is 1. The zero-order valence-corrected chi connectivity index (χ0v) is 14.1. The van der Waals surface area contributed by atoms with Crippen LogP contribution in [0.2, 0.25) is 0 Å². The Morgan fingerprint density at radius 1 is 1.39 bits per heavy atom. The Hall–Kier alpha value is -1.93. The van der Waals surface area contributed by atoms with Gasteiger partial charge in [-0.2, -0.15) is 5.10 Å². The fourth-order valence-electron chi connectivity index (χ4n) is 2.49. The second kappa shape index (κ2) is 6.29. The van der Waals surface area contributed by atoms with Crippen molar-refractivity contribution in [3.63, 3.8) is 0 Å². The maximum atomic E-state index is 12.3. The highest BCUT2D eigenvalue weighted by Gasteiger charge is 2.46. The number of hydrogen-bond donors (Lipinski definition) is 1. The summed E-state index contributed by atoms with van der Waals surface area (Å²) >= 11 is 1.58. The van der Waals surface area contributed by atoms with Gasteiger partial charge >= 0.3 is 6.03 Å². The first-order valence-corrected chi connectivity index (χ1v) is 8.48. The minimum atomic E-state index is -0.858. The lowest BCUT2D eigenvalue weighted by molar-refractivity contribution is -0.130. The van der Waals surface area contributed by atoms with Crippen LogP contribution in [0.4, 0.5) is 9.80 Å². The van der Waals surface area contributed by atoms with Gasteiger partial charge in [0, 0.05) is 18.0 Å². The molecule has 3 heterocycles. The van der Waals surface area contributed by atoms with Crippen LogP contribution in [0.3, 0.4) is 0 Å². The molecule has 1 aromatic heterocycles. The van der Waals surface area contributed by atoms with Gasteiger partial charge < -0.3 is 15.0 Å². The van der Waals surface area contributed by atoms with Crippen molar-refractivity contribution in [2.24, 2.45) is 5.10 Å². The maximum absolute atomic E-state index is 12.3. The monoisotopic (exact) mass is 336 g/mol. The van der Waals surface area contributed by atoms with E-state index in [-0.39, 0.29) is 5.91 Å². The molecule has 1 N–H and O–H groups in total. The van der Waals surface area contributed by atoms with Crippen LogP contribution in [0.15, 0.2) is 17.2 Å². The molecule has 3 rings (SSSR count). The lowest BCUT2D eigenvalue weighted by Crippen LogP contribution is -2.42. The van der Waals surface area contributed by atoms with Gasteiger partial charge in [-0.25, -0.2) is 4.79 Å². The number of rotatable bonds is 4. The van der Waals surface area contributed by atoms with E-state index in [9.17, 15) is 9.59 Å². The number of urea groups is 1. The van der Waals surface area contributed by atoms with Crippen molar-refractivity contribution in [2.75, 3.05) is 31.2 Å². The maximum Gasteiger partial charge on any atom is 0.346 e. The number of anilines is 1. The van der Waals surface area contributed by atoms with Gasteiger partial charge in [0.25, 0.3) is 5.91 Å². The molecule has 8 heteroatoms. The van der Waals surface area contributed by atoms with Gasteiger partial charge in [-0.15, -0.1) is 16.3 Å². The van der Waals surface area contributed by atoms with Gasteiger partial charge in [-0.05, 0) is 25.5 Å². The number of imide groups is 1. The molecule has 2 aliphatic rings. The van der Waals surface area contributed by atoms with Crippen LogP contribution in [0.1, 0.15) is 25.1 Å². The van der Waals surface area contributed by atoms with E-state index in [1.165, 1.54) is 0 Å². The van der Waals surface area contributed by atoms with Gasteiger partial charge in [-0.3, -0.25) is 4.79 Å². The van der Waals surface area contributed by atoms with Gasteiger partial charge in [0.2, 0.25) is 0 Å². The molecule has 1 unspecified atom stereocenters. The SMILES string of the molecule is CCC1(C)NC(=O)N(N=Cc2ccc(N3CCOCC3)s2)C1=O. The Morgan fingerprint density at radius 2 is 2.13 bits per heavy atom. The zero-order chi connectivity index (χ0) is 16.4. The normalized spacial score (nSPS) is 25.5. The number of thiophene rings is 1.